The Balaban J connectivity index is 2.10. The molecule has 1 saturated heterocycles. The summed E-state index contributed by atoms with van der Waals surface area (Å²) < 4.78 is 11.3. The third-order valence-electron chi connectivity index (χ3n) is 2.43. The molecule has 0 amide bonds. The first-order chi connectivity index (χ1) is 5.08. The minimum absolute atomic E-state index is 0.144. The van der Waals surface area contributed by atoms with E-state index in [-0.39, 0.29) is 18.0 Å². The lowest BCUT2D eigenvalue weighted by molar-refractivity contribution is -0.150. The Labute approximate surface area is 68.7 Å². The van der Waals surface area contributed by atoms with Crippen molar-refractivity contribution in [3.63, 3.8) is 0 Å². The number of rotatable bonds is 0. The highest BCUT2D eigenvalue weighted by atomic mass is 16.8. The van der Waals surface area contributed by atoms with Gasteiger partial charge in [0.25, 0.3) is 0 Å². The van der Waals surface area contributed by atoms with Gasteiger partial charge in [0.05, 0.1) is 20.1 Å². The summed E-state index contributed by atoms with van der Waals surface area (Å²) in [4.78, 5) is 0. The second-order valence-corrected chi connectivity index (χ2v) is 3.88. The smallest absolute Gasteiger partial charge is 0.163 e. The van der Waals surface area contributed by atoms with Gasteiger partial charge in [0.2, 0.25) is 0 Å². The largest absolute Gasteiger partial charge is 0.345 e. The molecule has 1 saturated carbocycles. The highest BCUT2D eigenvalue weighted by Crippen LogP contribution is 2.42. The Morgan fingerprint density at radius 3 is 2.64 bits per heavy atom. The molecule has 0 aromatic heterocycles. The maximum atomic E-state index is 5.84. The molecule has 2 rings (SSSR count). The van der Waals surface area contributed by atoms with Crippen LogP contribution in [0.4, 0.5) is 0 Å². The van der Waals surface area contributed by atoms with Crippen LogP contribution in [0.2, 0.25) is 5.82 Å². The summed E-state index contributed by atoms with van der Waals surface area (Å²) in [5.74, 6) is -0.227. The zero-order valence-corrected chi connectivity index (χ0v) is 7.04. The average Bonchev–Trinajstić information content (AvgIpc) is 2.31. The Morgan fingerprint density at radius 2 is 2.00 bits per heavy atom. The van der Waals surface area contributed by atoms with Crippen LogP contribution in [0, 0.1) is 0 Å². The van der Waals surface area contributed by atoms with Gasteiger partial charge in [-0.25, -0.2) is 0 Å². The lowest BCUT2D eigenvalue weighted by Crippen LogP contribution is -2.23. The van der Waals surface area contributed by atoms with Gasteiger partial charge in [-0.2, -0.15) is 0 Å². The summed E-state index contributed by atoms with van der Waals surface area (Å²) in [6.45, 7) is 3.88. The molecule has 2 nitrogen and oxygen atoms in total. The molecular formula is C8H13BO2. The van der Waals surface area contributed by atoms with Crippen LogP contribution < -0.4 is 0 Å². The summed E-state index contributed by atoms with van der Waals surface area (Å²) >= 11 is 0. The molecule has 0 aromatic carbocycles. The lowest BCUT2D eigenvalue weighted by Gasteiger charge is -2.19. The Hall–Kier alpha value is -0.0151. The Kier molecular flexibility index (Phi) is 1.55. The number of hydrogen-bond donors (Lipinski definition) is 0. The minimum atomic E-state index is -0.409. The third-order valence-corrected chi connectivity index (χ3v) is 2.43. The van der Waals surface area contributed by atoms with Gasteiger partial charge in [-0.1, -0.05) is 6.42 Å². The van der Waals surface area contributed by atoms with Crippen LogP contribution in [0.5, 0.6) is 0 Å². The summed E-state index contributed by atoms with van der Waals surface area (Å²) in [5.41, 5.74) is 0. The fourth-order valence-electron chi connectivity index (χ4n) is 1.97. The topological polar surface area (TPSA) is 18.5 Å². The average molecular weight is 152 g/mol. The molecule has 3 unspecified atom stereocenters. The molecule has 1 aliphatic heterocycles. The fourth-order valence-corrected chi connectivity index (χ4v) is 1.97. The summed E-state index contributed by atoms with van der Waals surface area (Å²) in [6, 6.07) is 0. The predicted octanol–water partition coefficient (Wildman–Crippen LogP) is 1.26. The molecule has 0 spiro atoms. The van der Waals surface area contributed by atoms with Crippen molar-refractivity contribution >= 4 is 7.85 Å². The van der Waals surface area contributed by atoms with Crippen molar-refractivity contribution in [3.8, 4) is 0 Å². The first-order valence-corrected chi connectivity index (χ1v) is 4.20. The van der Waals surface area contributed by atoms with E-state index in [1.165, 1.54) is 0 Å². The monoisotopic (exact) mass is 152 g/mol. The Morgan fingerprint density at radius 1 is 1.27 bits per heavy atom. The predicted molar refractivity (Wildman–Crippen MR) is 42.6 cm³/mol. The van der Waals surface area contributed by atoms with Gasteiger partial charge in [-0.05, 0) is 26.1 Å². The molecule has 3 atom stereocenters. The van der Waals surface area contributed by atoms with E-state index in [1.54, 1.807) is 0 Å². The van der Waals surface area contributed by atoms with Crippen molar-refractivity contribution in [2.24, 2.45) is 0 Å². The van der Waals surface area contributed by atoms with Crippen molar-refractivity contribution in [1.29, 1.82) is 0 Å². The number of hydrogen-bond acceptors (Lipinski definition) is 2. The molecule has 2 radical (unpaired) electrons. The summed E-state index contributed by atoms with van der Waals surface area (Å²) in [7, 11) is 5.84. The second kappa shape index (κ2) is 2.24. The molecule has 60 valence electrons. The van der Waals surface area contributed by atoms with E-state index in [1.807, 2.05) is 13.8 Å². The highest BCUT2D eigenvalue weighted by Gasteiger charge is 2.46. The summed E-state index contributed by atoms with van der Waals surface area (Å²) in [5, 5.41) is 0. The van der Waals surface area contributed by atoms with Crippen LogP contribution >= 0.6 is 0 Å². The van der Waals surface area contributed by atoms with Gasteiger partial charge in [0.15, 0.2) is 5.79 Å². The van der Waals surface area contributed by atoms with Crippen LogP contribution in [-0.2, 0) is 9.47 Å². The van der Waals surface area contributed by atoms with Gasteiger partial charge in [-0.3, -0.25) is 0 Å². The molecule has 0 N–H and O–H groups in total. The second-order valence-electron chi connectivity index (χ2n) is 3.88. The molecule has 0 aromatic rings. The first kappa shape index (κ1) is 7.62. The van der Waals surface area contributed by atoms with Crippen molar-refractivity contribution in [1.82, 2.24) is 0 Å². The fraction of sp³-hybridized carbons (Fsp3) is 1.00. The minimum Gasteiger partial charge on any atom is -0.345 e. The first-order valence-electron chi connectivity index (χ1n) is 4.20. The van der Waals surface area contributed by atoms with E-state index in [0.717, 1.165) is 12.8 Å². The van der Waals surface area contributed by atoms with Gasteiger partial charge in [-0.15, -0.1) is 0 Å². The van der Waals surface area contributed by atoms with Gasteiger partial charge >= 0.3 is 0 Å². The van der Waals surface area contributed by atoms with Crippen LogP contribution in [-0.4, -0.2) is 25.8 Å². The van der Waals surface area contributed by atoms with Crippen molar-refractivity contribution in [2.75, 3.05) is 0 Å². The lowest BCUT2D eigenvalue weighted by atomic mass is 9.84. The van der Waals surface area contributed by atoms with Crippen LogP contribution in [0.15, 0.2) is 0 Å². The maximum Gasteiger partial charge on any atom is 0.163 e. The molecule has 2 aliphatic rings. The Bertz CT molecular complexity index is 169. The van der Waals surface area contributed by atoms with Crippen LogP contribution in [0.1, 0.15) is 26.7 Å². The van der Waals surface area contributed by atoms with E-state index in [9.17, 15) is 0 Å². The van der Waals surface area contributed by atoms with Crippen molar-refractivity contribution in [2.45, 2.75) is 50.5 Å². The third kappa shape index (κ3) is 1.21. The van der Waals surface area contributed by atoms with E-state index in [4.69, 9.17) is 17.3 Å². The van der Waals surface area contributed by atoms with Gasteiger partial charge in [0, 0.05) is 0 Å². The standard InChI is InChI=1S/C8H13BO2/c1-8(2)10-6-4-3-5(9)7(6)11-8/h5-7H,3-4H2,1-2H3. The summed E-state index contributed by atoms with van der Waals surface area (Å²) in [6.07, 6.45) is 2.48. The molecule has 1 aliphatic carbocycles. The molecular weight excluding hydrogens is 139 g/mol. The van der Waals surface area contributed by atoms with Gasteiger partial charge in [0.1, 0.15) is 0 Å². The zero-order chi connectivity index (χ0) is 8.06. The quantitative estimate of drug-likeness (QED) is 0.486. The van der Waals surface area contributed by atoms with Crippen LogP contribution in [0.3, 0.4) is 0 Å². The molecule has 11 heavy (non-hydrogen) atoms. The molecule has 1 heterocycles. The maximum absolute atomic E-state index is 5.84. The molecule has 0 bridgehead atoms. The number of fused-ring (bicyclic) bond motifs is 1. The normalized spacial score (nSPS) is 47.6. The van der Waals surface area contributed by atoms with E-state index in [2.05, 4.69) is 0 Å². The van der Waals surface area contributed by atoms with E-state index < -0.39 is 5.79 Å². The number of ether oxygens (including phenoxy) is 2. The van der Waals surface area contributed by atoms with Crippen LogP contribution in [0.25, 0.3) is 0 Å². The molecule has 2 fully saturated rings. The highest BCUT2D eigenvalue weighted by molar-refractivity contribution is 6.12. The van der Waals surface area contributed by atoms with Crippen molar-refractivity contribution in [3.05, 3.63) is 0 Å². The zero-order valence-electron chi connectivity index (χ0n) is 7.04. The van der Waals surface area contributed by atoms with E-state index in [0.29, 0.717) is 0 Å². The molecule has 3 heteroatoms. The van der Waals surface area contributed by atoms with E-state index >= 15 is 0 Å². The van der Waals surface area contributed by atoms with Crippen molar-refractivity contribution < 1.29 is 9.47 Å². The van der Waals surface area contributed by atoms with Gasteiger partial charge < -0.3 is 9.47 Å². The SMILES string of the molecule is [B]C1CCC2OC(C)(C)OC12.